The van der Waals surface area contributed by atoms with E-state index in [1.807, 2.05) is 73.2 Å². The Morgan fingerprint density at radius 1 is 0.880 bits per heavy atom. The topological polar surface area (TPSA) is 75.2 Å². The van der Waals surface area contributed by atoms with E-state index < -0.39 is 0 Å². The van der Waals surface area contributed by atoms with Crippen LogP contribution in [0.3, 0.4) is 0 Å². The van der Waals surface area contributed by atoms with E-state index in [0.29, 0.717) is 0 Å². The zero-order valence-electron chi connectivity index (χ0n) is 16.8. The number of rotatable bonds is 0. The van der Waals surface area contributed by atoms with Crippen molar-refractivity contribution in [1.29, 1.82) is 0 Å². The molecule has 0 radical (unpaired) electrons. The van der Waals surface area contributed by atoms with Crippen molar-refractivity contribution in [2.45, 2.75) is 62.8 Å². The minimum Gasteiger partial charge on any atom is -0.349 e. The first-order valence-corrected chi connectivity index (χ1v) is 8.51. The molecule has 0 aliphatic carbocycles. The molecule has 146 valence electrons. The molecule has 6 nitrogen and oxygen atoms in total. The predicted octanol–water partition coefficient (Wildman–Crippen LogP) is 5.57. The highest BCUT2D eigenvalue weighted by Crippen LogP contribution is 1.81. The maximum atomic E-state index is 3.86. The maximum absolute atomic E-state index is 3.86. The van der Waals surface area contributed by atoms with E-state index in [4.69, 9.17) is 0 Å². The molecule has 3 aromatic heterocycles. The van der Waals surface area contributed by atoms with Crippen molar-refractivity contribution in [2.75, 3.05) is 0 Å². The molecule has 25 heavy (non-hydrogen) atoms. The van der Waals surface area contributed by atoms with Crippen molar-refractivity contribution in [3.8, 4) is 0 Å². The summed E-state index contributed by atoms with van der Waals surface area (Å²) in [5, 5.41) is 0. The second-order valence-electron chi connectivity index (χ2n) is 3.64. The smallest absolute Gasteiger partial charge is 0.102 e. The predicted molar refractivity (Wildman–Crippen MR) is 111 cm³/mol. The van der Waals surface area contributed by atoms with Gasteiger partial charge in [0.1, 0.15) is 5.82 Å². The number of nitrogens with one attached hydrogen (secondary N) is 2. The summed E-state index contributed by atoms with van der Waals surface area (Å²) in [6, 6.07) is 0. The number of aryl methyl sites for hydroxylation is 3. The molecule has 0 unspecified atom stereocenters. The van der Waals surface area contributed by atoms with Crippen LogP contribution in [0.1, 0.15) is 60.5 Å². The SMILES string of the molecule is C.CC.CC.CC.Cc1cnc[nH]1.Cc1ncc[nH]1.Cn1ccnc1. The summed E-state index contributed by atoms with van der Waals surface area (Å²) >= 11 is 0. The van der Waals surface area contributed by atoms with E-state index in [1.165, 1.54) is 0 Å². The van der Waals surface area contributed by atoms with E-state index in [1.54, 1.807) is 37.4 Å². The van der Waals surface area contributed by atoms with Crippen LogP contribution in [0.5, 0.6) is 0 Å². The minimum absolute atomic E-state index is 0. The van der Waals surface area contributed by atoms with Crippen LogP contribution in [0.4, 0.5) is 0 Å². The monoisotopic (exact) mass is 352 g/mol. The van der Waals surface area contributed by atoms with Crippen molar-refractivity contribution in [3.63, 3.8) is 0 Å². The fourth-order valence-electron chi connectivity index (χ4n) is 0.995. The molecular weight excluding hydrogens is 312 g/mol. The van der Waals surface area contributed by atoms with Crippen LogP contribution in [0, 0.1) is 13.8 Å². The second kappa shape index (κ2) is 26.5. The number of aromatic nitrogens is 6. The molecule has 3 heterocycles. The third-order valence-corrected chi connectivity index (χ3v) is 1.91. The quantitative estimate of drug-likeness (QED) is 0.555. The Bertz CT molecular complexity index is 407. The molecule has 0 saturated heterocycles. The molecule has 3 aromatic rings. The first-order valence-electron chi connectivity index (χ1n) is 8.51. The van der Waals surface area contributed by atoms with E-state index in [0.717, 1.165) is 11.5 Å². The van der Waals surface area contributed by atoms with E-state index in [-0.39, 0.29) is 7.43 Å². The summed E-state index contributed by atoms with van der Waals surface area (Å²) in [5.41, 5.74) is 1.11. The van der Waals surface area contributed by atoms with Crippen molar-refractivity contribution >= 4 is 0 Å². The van der Waals surface area contributed by atoms with Gasteiger partial charge in [-0.15, -0.1) is 0 Å². The molecule has 0 saturated carbocycles. The highest BCUT2D eigenvalue weighted by molar-refractivity contribution is 4.87. The summed E-state index contributed by atoms with van der Waals surface area (Å²) < 4.78 is 1.89. The molecular formula is C19H40N6. The fourth-order valence-corrected chi connectivity index (χ4v) is 0.995. The van der Waals surface area contributed by atoms with Gasteiger partial charge in [0.25, 0.3) is 0 Å². The van der Waals surface area contributed by atoms with Crippen LogP contribution in [0.15, 0.2) is 43.6 Å². The highest BCUT2D eigenvalue weighted by Gasteiger charge is 1.74. The lowest BCUT2D eigenvalue weighted by Gasteiger charge is -1.76. The normalized spacial score (nSPS) is 7.08. The lowest BCUT2D eigenvalue weighted by Crippen LogP contribution is -1.76. The Balaban J connectivity index is -0.000000113. The van der Waals surface area contributed by atoms with Gasteiger partial charge in [-0.05, 0) is 13.8 Å². The number of aromatic amines is 2. The van der Waals surface area contributed by atoms with Gasteiger partial charge in [-0.2, -0.15) is 0 Å². The second-order valence-corrected chi connectivity index (χ2v) is 3.64. The van der Waals surface area contributed by atoms with Gasteiger partial charge in [-0.25, -0.2) is 15.0 Å². The van der Waals surface area contributed by atoms with Crippen molar-refractivity contribution in [1.82, 2.24) is 29.5 Å². The Kier molecular flexibility index (Phi) is 32.4. The van der Waals surface area contributed by atoms with Crippen LogP contribution in [0.2, 0.25) is 0 Å². The highest BCUT2D eigenvalue weighted by atomic mass is 15.0. The van der Waals surface area contributed by atoms with Crippen molar-refractivity contribution < 1.29 is 0 Å². The summed E-state index contributed by atoms with van der Waals surface area (Å²) in [5.74, 6) is 0.968. The molecule has 6 heteroatoms. The van der Waals surface area contributed by atoms with Crippen molar-refractivity contribution in [3.05, 3.63) is 55.2 Å². The average molecular weight is 353 g/mol. The zero-order chi connectivity index (χ0) is 19.2. The average Bonchev–Trinajstić information content (AvgIpc) is 3.40. The van der Waals surface area contributed by atoms with Crippen LogP contribution in [0.25, 0.3) is 0 Å². The number of imidazole rings is 3. The van der Waals surface area contributed by atoms with Gasteiger partial charge >= 0.3 is 0 Å². The Hall–Kier alpha value is -2.37. The number of nitrogens with zero attached hydrogens (tertiary/aromatic N) is 4. The summed E-state index contributed by atoms with van der Waals surface area (Å²) in [7, 11) is 1.94. The standard InChI is InChI=1S/3C4H6N2.3C2H6.CH4/c1-4-2-5-3-6-4;1-6-3-2-5-4-6;1-4-5-2-3-6-4;3*1-2;/h2-3H,1H3,(H,5,6);2-4H,1H3;2-3H,1H3,(H,5,6);3*1-2H3;1H4. The van der Waals surface area contributed by atoms with Crippen LogP contribution in [-0.4, -0.2) is 29.5 Å². The minimum atomic E-state index is 0. The van der Waals surface area contributed by atoms with Gasteiger partial charge in [0, 0.05) is 43.7 Å². The molecule has 3 rings (SSSR count). The van der Waals surface area contributed by atoms with Crippen molar-refractivity contribution in [2.24, 2.45) is 7.05 Å². The Morgan fingerprint density at radius 3 is 1.60 bits per heavy atom. The van der Waals surface area contributed by atoms with Gasteiger partial charge in [0.15, 0.2) is 0 Å². The van der Waals surface area contributed by atoms with E-state index in [2.05, 4.69) is 24.9 Å². The van der Waals surface area contributed by atoms with Gasteiger partial charge in [-0.3, -0.25) is 0 Å². The number of hydrogen-bond acceptors (Lipinski definition) is 3. The summed E-state index contributed by atoms with van der Waals surface area (Å²) in [4.78, 5) is 17.2. The van der Waals surface area contributed by atoms with Gasteiger partial charge in [0.05, 0.1) is 12.7 Å². The lowest BCUT2D eigenvalue weighted by molar-refractivity contribution is 0.913. The van der Waals surface area contributed by atoms with E-state index >= 15 is 0 Å². The molecule has 2 N–H and O–H groups in total. The number of H-pyrrole nitrogens is 2. The maximum Gasteiger partial charge on any atom is 0.102 e. The molecule has 0 aliphatic rings. The van der Waals surface area contributed by atoms with Gasteiger partial charge in [0.2, 0.25) is 0 Å². The summed E-state index contributed by atoms with van der Waals surface area (Å²) in [6.45, 7) is 15.9. The molecule has 0 aromatic carbocycles. The van der Waals surface area contributed by atoms with Gasteiger partial charge in [-0.1, -0.05) is 49.0 Å². The molecule has 0 bridgehead atoms. The Labute approximate surface area is 155 Å². The summed E-state index contributed by atoms with van der Waals surface area (Å²) in [6.07, 6.45) is 12.4. The van der Waals surface area contributed by atoms with Crippen LogP contribution < -0.4 is 0 Å². The first kappa shape index (κ1) is 30.5. The third kappa shape index (κ3) is 24.0. The zero-order valence-corrected chi connectivity index (χ0v) is 16.8. The lowest BCUT2D eigenvalue weighted by atomic mass is 10.6. The van der Waals surface area contributed by atoms with Crippen LogP contribution >= 0.6 is 0 Å². The molecule has 0 aliphatic heterocycles. The Morgan fingerprint density at radius 2 is 1.48 bits per heavy atom. The van der Waals surface area contributed by atoms with Gasteiger partial charge < -0.3 is 14.5 Å². The molecule has 0 fully saturated rings. The largest absolute Gasteiger partial charge is 0.349 e. The molecule has 0 spiro atoms. The number of hydrogen-bond donors (Lipinski definition) is 2. The molecule has 0 amide bonds. The third-order valence-electron chi connectivity index (χ3n) is 1.91. The fraction of sp³-hybridized carbons (Fsp3) is 0.526. The van der Waals surface area contributed by atoms with Crippen LogP contribution in [-0.2, 0) is 7.05 Å². The first-order chi connectivity index (χ1) is 11.7. The molecule has 0 atom stereocenters. The van der Waals surface area contributed by atoms with E-state index in [9.17, 15) is 0 Å².